The molecule has 1 fully saturated rings. The molecule has 5 nitrogen and oxygen atoms in total. The van der Waals surface area contributed by atoms with E-state index in [0.29, 0.717) is 0 Å². The first kappa shape index (κ1) is 19.5. The van der Waals surface area contributed by atoms with Gasteiger partial charge >= 0.3 is 0 Å². The smallest absolute Gasteiger partial charge is 0.235 e. The van der Waals surface area contributed by atoms with Crippen molar-refractivity contribution in [3.8, 4) is 0 Å². The first-order chi connectivity index (χ1) is 14.3. The van der Waals surface area contributed by atoms with E-state index in [0.717, 1.165) is 22.3 Å². The van der Waals surface area contributed by atoms with E-state index >= 15 is 0 Å². The zero-order valence-corrected chi connectivity index (χ0v) is 18.0. The molecule has 0 radical (unpaired) electrons. The van der Waals surface area contributed by atoms with Gasteiger partial charge in [-0.1, -0.05) is 48.5 Å². The molecule has 2 bridgehead atoms. The first-order valence-corrected chi connectivity index (χ1v) is 10.4. The van der Waals surface area contributed by atoms with E-state index in [9.17, 15) is 9.59 Å². The second-order valence-electron chi connectivity index (χ2n) is 9.51. The molecule has 4 aliphatic rings. The molecule has 0 spiro atoms. The van der Waals surface area contributed by atoms with Gasteiger partial charge in [0.25, 0.3) is 0 Å². The maximum atomic E-state index is 13.9. The summed E-state index contributed by atoms with van der Waals surface area (Å²) in [5.74, 6) is -1.41. The van der Waals surface area contributed by atoms with Crippen molar-refractivity contribution in [2.45, 2.75) is 43.9 Å². The Labute approximate surface area is 177 Å². The standard InChI is InChI=1S/C25H27NO4/c1-24(2,3)26-21(27)19-18-14-10-6-8-12-16(14)25(20(19)22(26)28,23(29-4)30-5)17-13-9-7-11-15(17)18/h6-13,18-20,23H,1-5H3. The fourth-order valence-electron chi connectivity index (χ4n) is 6.36. The molecule has 2 unspecified atom stereocenters. The lowest BCUT2D eigenvalue weighted by atomic mass is 9.47. The van der Waals surface area contributed by atoms with E-state index in [4.69, 9.17) is 9.47 Å². The summed E-state index contributed by atoms with van der Waals surface area (Å²) < 4.78 is 11.8. The van der Waals surface area contributed by atoms with E-state index < -0.39 is 29.1 Å². The summed E-state index contributed by atoms with van der Waals surface area (Å²) in [6.45, 7) is 5.75. The Morgan fingerprint density at radius 2 is 1.37 bits per heavy atom. The van der Waals surface area contributed by atoms with E-state index in [-0.39, 0.29) is 17.7 Å². The molecule has 0 aromatic heterocycles. The van der Waals surface area contributed by atoms with Gasteiger partial charge in [-0.15, -0.1) is 0 Å². The van der Waals surface area contributed by atoms with Crippen LogP contribution in [0.2, 0.25) is 0 Å². The molecule has 5 heteroatoms. The third-order valence-corrected chi connectivity index (χ3v) is 7.15. The molecule has 6 rings (SSSR count). The summed E-state index contributed by atoms with van der Waals surface area (Å²) in [5.41, 5.74) is 2.76. The molecule has 156 valence electrons. The Morgan fingerprint density at radius 1 is 0.867 bits per heavy atom. The lowest BCUT2D eigenvalue weighted by Gasteiger charge is -2.56. The highest BCUT2D eigenvalue weighted by Crippen LogP contribution is 2.66. The molecular formula is C25H27NO4. The maximum absolute atomic E-state index is 13.9. The van der Waals surface area contributed by atoms with Crippen LogP contribution in [0.5, 0.6) is 0 Å². The summed E-state index contributed by atoms with van der Waals surface area (Å²) >= 11 is 0. The number of benzene rings is 2. The van der Waals surface area contributed by atoms with Gasteiger partial charge in [0.1, 0.15) is 0 Å². The van der Waals surface area contributed by atoms with Crippen LogP contribution >= 0.6 is 0 Å². The Bertz CT molecular complexity index is 1000. The molecule has 2 aromatic carbocycles. The molecule has 1 saturated heterocycles. The lowest BCUT2D eigenvalue weighted by Crippen LogP contribution is -2.60. The quantitative estimate of drug-likeness (QED) is 0.580. The maximum Gasteiger partial charge on any atom is 0.235 e. The lowest BCUT2D eigenvalue weighted by molar-refractivity contribution is -0.169. The van der Waals surface area contributed by atoms with Crippen LogP contribution in [0.25, 0.3) is 0 Å². The predicted molar refractivity (Wildman–Crippen MR) is 112 cm³/mol. The van der Waals surface area contributed by atoms with E-state index in [1.54, 1.807) is 14.2 Å². The van der Waals surface area contributed by atoms with Crippen LogP contribution in [-0.2, 0) is 24.5 Å². The number of hydrogen-bond donors (Lipinski definition) is 0. The summed E-state index contributed by atoms with van der Waals surface area (Å²) in [6.07, 6.45) is -0.704. The van der Waals surface area contributed by atoms with Gasteiger partial charge in [0.2, 0.25) is 11.8 Å². The number of likely N-dealkylation sites (tertiary alicyclic amines) is 1. The predicted octanol–water partition coefficient (Wildman–Crippen LogP) is 3.45. The van der Waals surface area contributed by atoms with Gasteiger partial charge in [-0.3, -0.25) is 14.5 Å². The second-order valence-corrected chi connectivity index (χ2v) is 9.51. The molecule has 30 heavy (non-hydrogen) atoms. The number of carbonyl (C=O) groups is 2. The third-order valence-electron chi connectivity index (χ3n) is 7.15. The molecule has 0 N–H and O–H groups in total. The van der Waals surface area contributed by atoms with Gasteiger partial charge in [0.15, 0.2) is 6.29 Å². The highest BCUT2D eigenvalue weighted by molar-refractivity contribution is 6.09. The molecule has 3 aliphatic carbocycles. The Hall–Kier alpha value is -2.50. The van der Waals surface area contributed by atoms with Crippen molar-refractivity contribution >= 4 is 11.8 Å². The fourth-order valence-corrected chi connectivity index (χ4v) is 6.36. The highest BCUT2D eigenvalue weighted by Gasteiger charge is 2.71. The van der Waals surface area contributed by atoms with Crippen molar-refractivity contribution in [1.82, 2.24) is 4.90 Å². The van der Waals surface area contributed by atoms with Crippen LogP contribution in [0.15, 0.2) is 48.5 Å². The van der Waals surface area contributed by atoms with Crippen molar-refractivity contribution in [3.05, 3.63) is 70.8 Å². The number of amides is 2. The number of methoxy groups -OCH3 is 2. The first-order valence-electron chi connectivity index (χ1n) is 10.4. The van der Waals surface area contributed by atoms with Gasteiger partial charge < -0.3 is 9.47 Å². The number of nitrogens with zero attached hydrogens (tertiary/aromatic N) is 1. The fraction of sp³-hybridized carbons (Fsp3) is 0.440. The van der Waals surface area contributed by atoms with Crippen LogP contribution in [0.4, 0.5) is 0 Å². The van der Waals surface area contributed by atoms with Gasteiger partial charge in [0.05, 0.1) is 17.3 Å². The zero-order chi connectivity index (χ0) is 21.4. The van der Waals surface area contributed by atoms with Crippen LogP contribution in [0, 0.1) is 11.8 Å². The number of carbonyl (C=O) groups excluding carboxylic acids is 2. The number of hydrogen-bond acceptors (Lipinski definition) is 4. The van der Waals surface area contributed by atoms with Crippen molar-refractivity contribution in [2.24, 2.45) is 11.8 Å². The van der Waals surface area contributed by atoms with E-state index in [1.165, 1.54) is 4.90 Å². The molecule has 0 saturated carbocycles. The van der Waals surface area contributed by atoms with E-state index in [2.05, 4.69) is 24.3 Å². The van der Waals surface area contributed by atoms with Crippen molar-refractivity contribution in [2.75, 3.05) is 14.2 Å². The molecule has 1 heterocycles. The van der Waals surface area contributed by atoms with Crippen LogP contribution in [0.1, 0.15) is 48.9 Å². The number of imide groups is 1. The Morgan fingerprint density at radius 3 is 1.83 bits per heavy atom. The minimum atomic E-state index is -0.886. The van der Waals surface area contributed by atoms with Crippen LogP contribution < -0.4 is 0 Å². The molecule has 2 aromatic rings. The third kappa shape index (κ3) is 2.09. The van der Waals surface area contributed by atoms with Crippen molar-refractivity contribution in [3.63, 3.8) is 0 Å². The Kier molecular flexibility index (Phi) is 4.06. The molecule has 2 atom stereocenters. The molecule has 1 aliphatic heterocycles. The number of rotatable bonds is 3. The second kappa shape index (κ2) is 6.25. The monoisotopic (exact) mass is 405 g/mol. The summed E-state index contributed by atoms with van der Waals surface area (Å²) in [7, 11) is 3.21. The van der Waals surface area contributed by atoms with Crippen molar-refractivity contribution < 1.29 is 19.1 Å². The average Bonchev–Trinajstić information content (AvgIpc) is 3.01. The van der Waals surface area contributed by atoms with Crippen molar-refractivity contribution in [1.29, 1.82) is 0 Å². The highest BCUT2D eigenvalue weighted by atomic mass is 16.7. The summed E-state index contributed by atoms with van der Waals surface area (Å²) in [5, 5.41) is 0. The number of ether oxygens (including phenoxy) is 2. The van der Waals surface area contributed by atoms with Gasteiger partial charge in [-0.05, 0) is 43.0 Å². The molecular weight excluding hydrogens is 378 g/mol. The SMILES string of the molecule is COC(OC)C12c3ccccc3C(c3ccccc31)C1C(=O)N(C(C)(C)C)C(=O)C12. The summed E-state index contributed by atoms with van der Waals surface area (Å²) in [6, 6.07) is 16.3. The average molecular weight is 405 g/mol. The minimum absolute atomic E-state index is 0.0955. The minimum Gasteiger partial charge on any atom is -0.355 e. The van der Waals surface area contributed by atoms with E-state index in [1.807, 2.05) is 45.0 Å². The Balaban J connectivity index is 1.91. The molecule has 2 amide bonds. The van der Waals surface area contributed by atoms with Crippen LogP contribution in [-0.4, -0.2) is 42.8 Å². The van der Waals surface area contributed by atoms with Gasteiger partial charge in [0, 0.05) is 25.7 Å². The largest absolute Gasteiger partial charge is 0.355 e. The summed E-state index contributed by atoms with van der Waals surface area (Å²) in [4.78, 5) is 29.2. The topological polar surface area (TPSA) is 55.8 Å². The van der Waals surface area contributed by atoms with Crippen LogP contribution in [0.3, 0.4) is 0 Å². The van der Waals surface area contributed by atoms with Gasteiger partial charge in [-0.2, -0.15) is 0 Å². The zero-order valence-electron chi connectivity index (χ0n) is 18.0. The normalized spacial score (nSPS) is 29.3. The van der Waals surface area contributed by atoms with Gasteiger partial charge in [-0.25, -0.2) is 0 Å².